The Balaban J connectivity index is 1.82. The summed E-state index contributed by atoms with van der Waals surface area (Å²) in [5.74, 6) is 0. The van der Waals surface area contributed by atoms with Gasteiger partial charge in [-0.1, -0.05) is 12.1 Å². The summed E-state index contributed by atoms with van der Waals surface area (Å²) >= 11 is 0. The lowest BCUT2D eigenvalue weighted by molar-refractivity contribution is 0.166. The molecule has 3 rings (SSSR count). The van der Waals surface area contributed by atoms with Crippen LogP contribution in [-0.4, -0.2) is 45.0 Å². The van der Waals surface area contributed by atoms with Crippen LogP contribution in [0.5, 0.6) is 0 Å². The van der Waals surface area contributed by atoms with Crippen molar-refractivity contribution < 1.29 is 9.90 Å². The van der Waals surface area contributed by atoms with Crippen molar-refractivity contribution in [2.24, 2.45) is 7.05 Å². The lowest BCUT2D eigenvalue weighted by Crippen LogP contribution is -2.40. The molecular formula is C17H22N4O2. The van der Waals surface area contributed by atoms with Gasteiger partial charge in [0.15, 0.2) is 0 Å². The Morgan fingerprint density at radius 3 is 2.96 bits per heavy atom. The van der Waals surface area contributed by atoms with Crippen LogP contribution in [0.1, 0.15) is 18.4 Å². The number of aryl methyl sites for hydroxylation is 2. The van der Waals surface area contributed by atoms with E-state index < -0.39 is 0 Å². The van der Waals surface area contributed by atoms with Crippen LogP contribution in [0.25, 0.3) is 11.3 Å². The summed E-state index contributed by atoms with van der Waals surface area (Å²) < 4.78 is 1.80. The maximum atomic E-state index is 12.5. The van der Waals surface area contributed by atoms with Crippen LogP contribution < -0.4 is 5.32 Å². The second-order valence-electron chi connectivity index (χ2n) is 5.97. The van der Waals surface area contributed by atoms with Crippen molar-refractivity contribution >= 4 is 11.7 Å². The first kappa shape index (κ1) is 15.6. The Morgan fingerprint density at radius 2 is 2.26 bits per heavy atom. The second kappa shape index (κ2) is 6.42. The van der Waals surface area contributed by atoms with Crippen LogP contribution in [0.15, 0.2) is 30.5 Å². The Kier molecular flexibility index (Phi) is 4.34. The van der Waals surface area contributed by atoms with E-state index in [2.05, 4.69) is 10.4 Å². The van der Waals surface area contributed by atoms with E-state index in [0.29, 0.717) is 6.54 Å². The number of likely N-dealkylation sites (tertiary alicyclic amines) is 1. The summed E-state index contributed by atoms with van der Waals surface area (Å²) in [5, 5.41) is 16.5. The van der Waals surface area contributed by atoms with Gasteiger partial charge in [-0.25, -0.2) is 4.79 Å². The van der Waals surface area contributed by atoms with Crippen molar-refractivity contribution in [1.29, 1.82) is 0 Å². The van der Waals surface area contributed by atoms with Crippen molar-refractivity contribution in [2.75, 3.05) is 18.5 Å². The maximum Gasteiger partial charge on any atom is 0.322 e. The molecule has 1 atom stereocenters. The molecule has 6 nitrogen and oxygen atoms in total. The van der Waals surface area contributed by atoms with E-state index in [0.717, 1.165) is 35.3 Å². The largest absolute Gasteiger partial charge is 0.394 e. The van der Waals surface area contributed by atoms with Crippen molar-refractivity contribution in [1.82, 2.24) is 14.7 Å². The molecule has 0 spiro atoms. The number of aromatic nitrogens is 2. The molecule has 2 amide bonds. The normalized spacial score (nSPS) is 17.5. The number of urea groups is 1. The molecule has 2 aromatic rings. The predicted molar refractivity (Wildman–Crippen MR) is 89.2 cm³/mol. The third-order valence-electron chi connectivity index (χ3n) is 4.44. The summed E-state index contributed by atoms with van der Waals surface area (Å²) in [7, 11) is 1.89. The van der Waals surface area contributed by atoms with Gasteiger partial charge < -0.3 is 15.3 Å². The van der Waals surface area contributed by atoms with Gasteiger partial charge in [0.05, 0.1) is 18.3 Å². The van der Waals surface area contributed by atoms with Gasteiger partial charge in [-0.05, 0) is 37.5 Å². The van der Waals surface area contributed by atoms with Crippen LogP contribution in [0.3, 0.4) is 0 Å². The first-order chi connectivity index (χ1) is 11.1. The van der Waals surface area contributed by atoms with E-state index in [1.54, 1.807) is 15.8 Å². The highest BCUT2D eigenvalue weighted by molar-refractivity contribution is 5.91. The van der Waals surface area contributed by atoms with E-state index >= 15 is 0 Å². The molecule has 1 aliphatic heterocycles. The highest BCUT2D eigenvalue weighted by atomic mass is 16.3. The Labute approximate surface area is 135 Å². The molecule has 0 bridgehead atoms. The standard InChI is InChI=1S/C17H22N4O2/c1-12-5-6-13(16-7-8-18-20(16)2)10-15(12)19-17(23)21-9-3-4-14(21)11-22/h5-8,10,14,22H,3-4,9,11H2,1-2H3,(H,19,23)/t14-/m1/s1. The Morgan fingerprint density at radius 1 is 1.43 bits per heavy atom. The third-order valence-corrected chi connectivity index (χ3v) is 4.44. The van der Waals surface area contributed by atoms with E-state index in [-0.39, 0.29) is 18.7 Å². The van der Waals surface area contributed by atoms with Gasteiger partial charge in [-0.3, -0.25) is 4.68 Å². The van der Waals surface area contributed by atoms with Crippen molar-refractivity contribution in [3.63, 3.8) is 0 Å². The SMILES string of the molecule is Cc1ccc(-c2ccnn2C)cc1NC(=O)N1CCC[C@@H]1CO. The molecule has 0 aliphatic carbocycles. The fourth-order valence-corrected chi connectivity index (χ4v) is 3.05. The highest BCUT2D eigenvalue weighted by Gasteiger charge is 2.28. The third kappa shape index (κ3) is 3.07. The number of carbonyl (C=O) groups is 1. The molecule has 1 aromatic carbocycles. The van der Waals surface area contributed by atoms with Gasteiger partial charge in [-0.2, -0.15) is 5.10 Å². The molecule has 2 N–H and O–H groups in total. The number of hydrogen-bond donors (Lipinski definition) is 2. The summed E-state index contributed by atoms with van der Waals surface area (Å²) in [5.41, 5.74) is 3.79. The predicted octanol–water partition coefficient (Wildman–Crippen LogP) is 2.38. The van der Waals surface area contributed by atoms with Crippen LogP contribution in [0.4, 0.5) is 10.5 Å². The maximum absolute atomic E-state index is 12.5. The van der Waals surface area contributed by atoms with E-state index in [1.165, 1.54) is 0 Å². The molecule has 0 unspecified atom stereocenters. The minimum atomic E-state index is -0.146. The molecular weight excluding hydrogens is 292 g/mol. The molecule has 23 heavy (non-hydrogen) atoms. The minimum absolute atomic E-state index is 0.0153. The van der Waals surface area contributed by atoms with Crippen molar-refractivity contribution in [3.05, 3.63) is 36.0 Å². The summed E-state index contributed by atoms with van der Waals surface area (Å²) in [6.45, 7) is 2.68. The van der Waals surface area contributed by atoms with E-state index in [9.17, 15) is 9.90 Å². The zero-order valence-electron chi connectivity index (χ0n) is 13.5. The Hall–Kier alpha value is -2.34. The molecule has 2 heterocycles. The monoisotopic (exact) mass is 314 g/mol. The van der Waals surface area contributed by atoms with Gasteiger partial charge in [-0.15, -0.1) is 0 Å². The van der Waals surface area contributed by atoms with Crippen molar-refractivity contribution in [2.45, 2.75) is 25.8 Å². The minimum Gasteiger partial charge on any atom is -0.394 e. The van der Waals surface area contributed by atoms with E-state index in [1.807, 2.05) is 38.2 Å². The number of amides is 2. The van der Waals surface area contributed by atoms with Crippen LogP contribution in [0.2, 0.25) is 0 Å². The van der Waals surface area contributed by atoms with Gasteiger partial charge >= 0.3 is 6.03 Å². The van der Waals surface area contributed by atoms with Crippen LogP contribution >= 0.6 is 0 Å². The zero-order chi connectivity index (χ0) is 16.4. The lowest BCUT2D eigenvalue weighted by atomic mass is 10.1. The number of aliphatic hydroxyl groups is 1. The number of aliphatic hydroxyl groups excluding tert-OH is 1. The second-order valence-corrected chi connectivity index (χ2v) is 5.97. The van der Waals surface area contributed by atoms with Gasteiger partial charge in [0.25, 0.3) is 0 Å². The summed E-state index contributed by atoms with van der Waals surface area (Å²) in [6.07, 6.45) is 3.55. The molecule has 1 aromatic heterocycles. The lowest BCUT2D eigenvalue weighted by Gasteiger charge is -2.24. The molecule has 1 saturated heterocycles. The Bertz CT molecular complexity index is 710. The van der Waals surface area contributed by atoms with Gasteiger partial charge in [0.2, 0.25) is 0 Å². The molecule has 0 radical (unpaired) electrons. The molecule has 1 aliphatic rings. The summed E-state index contributed by atoms with van der Waals surface area (Å²) in [6, 6.07) is 7.70. The number of carbonyl (C=O) groups excluding carboxylic acids is 1. The van der Waals surface area contributed by atoms with Gasteiger partial charge in [0, 0.05) is 31.0 Å². The zero-order valence-corrected chi connectivity index (χ0v) is 13.5. The van der Waals surface area contributed by atoms with Gasteiger partial charge in [0.1, 0.15) is 0 Å². The topological polar surface area (TPSA) is 70.4 Å². The average molecular weight is 314 g/mol. The fraction of sp³-hybridized carbons (Fsp3) is 0.412. The van der Waals surface area contributed by atoms with Crippen LogP contribution in [0, 0.1) is 6.92 Å². The first-order valence-electron chi connectivity index (χ1n) is 7.87. The molecule has 122 valence electrons. The molecule has 0 saturated carbocycles. The summed E-state index contributed by atoms with van der Waals surface area (Å²) in [4.78, 5) is 14.2. The fourth-order valence-electron chi connectivity index (χ4n) is 3.05. The number of hydrogen-bond acceptors (Lipinski definition) is 3. The molecule has 6 heteroatoms. The number of nitrogens with zero attached hydrogens (tertiary/aromatic N) is 3. The first-order valence-corrected chi connectivity index (χ1v) is 7.87. The van der Waals surface area contributed by atoms with Crippen molar-refractivity contribution in [3.8, 4) is 11.3 Å². The average Bonchev–Trinajstić information content (AvgIpc) is 3.18. The number of rotatable bonds is 3. The number of nitrogens with one attached hydrogen (secondary N) is 1. The highest BCUT2D eigenvalue weighted by Crippen LogP contribution is 2.26. The molecule has 1 fully saturated rings. The smallest absolute Gasteiger partial charge is 0.322 e. The van der Waals surface area contributed by atoms with E-state index in [4.69, 9.17) is 0 Å². The number of benzene rings is 1. The number of anilines is 1. The van der Waals surface area contributed by atoms with Crippen LogP contribution in [-0.2, 0) is 7.05 Å². The quantitative estimate of drug-likeness (QED) is 0.914.